The van der Waals surface area contributed by atoms with E-state index in [9.17, 15) is 0 Å². The molecule has 71 valence electrons. The van der Waals surface area contributed by atoms with Crippen LogP contribution in [0.15, 0.2) is 54.6 Å². The van der Waals surface area contributed by atoms with Crippen molar-refractivity contribution in [3.63, 3.8) is 0 Å². The lowest BCUT2D eigenvalue weighted by Crippen LogP contribution is -1.82. The summed E-state index contributed by atoms with van der Waals surface area (Å²) >= 11 is 0. The van der Waals surface area contributed by atoms with Crippen molar-refractivity contribution in [2.24, 2.45) is 0 Å². The van der Waals surface area contributed by atoms with Gasteiger partial charge in [-0.3, -0.25) is 0 Å². The van der Waals surface area contributed by atoms with E-state index in [-0.39, 0.29) is 0 Å². The molecule has 0 heteroatoms. The fourth-order valence-corrected chi connectivity index (χ4v) is 2.05. The highest BCUT2D eigenvalue weighted by atomic mass is 14.1. The highest BCUT2D eigenvalue weighted by Crippen LogP contribution is 2.28. The van der Waals surface area contributed by atoms with Crippen molar-refractivity contribution in [3.8, 4) is 0 Å². The lowest BCUT2D eigenvalue weighted by Gasteiger charge is -2.05. The Kier molecular flexibility index (Phi) is 1.92. The molecule has 15 heavy (non-hydrogen) atoms. The van der Waals surface area contributed by atoms with Gasteiger partial charge in [-0.25, -0.2) is 0 Å². The van der Waals surface area contributed by atoms with Crippen LogP contribution in [0.4, 0.5) is 0 Å². The average molecular weight is 191 g/mol. The summed E-state index contributed by atoms with van der Waals surface area (Å²) in [5.41, 5.74) is 2.52. The summed E-state index contributed by atoms with van der Waals surface area (Å²) < 4.78 is 0. The number of allylic oxidation sites excluding steroid dienone is 4. The molecule has 0 aromatic heterocycles. The molecule has 0 atom stereocenters. The topological polar surface area (TPSA) is 0 Å². The van der Waals surface area contributed by atoms with Crippen LogP contribution in [0.1, 0.15) is 12.0 Å². The predicted octanol–water partition coefficient (Wildman–Crippen LogP) is 3.99. The van der Waals surface area contributed by atoms with Crippen LogP contribution in [0.5, 0.6) is 0 Å². The van der Waals surface area contributed by atoms with Gasteiger partial charge in [0.25, 0.3) is 0 Å². The summed E-state index contributed by atoms with van der Waals surface area (Å²) in [4.78, 5) is 0. The van der Waals surface area contributed by atoms with Crippen LogP contribution in [0.3, 0.4) is 0 Å². The Labute approximate surface area is 89.6 Å². The van der Waals surface area contributed by atoms with Gasteiger partial charge < -0.3 is 0 Å². The van der Waals surface area contributed by atoms with Gasteiger partial charge in [0.05, 0.1) is 0 Å². The second-order valence-electron chi connectivity index (χ2n) is 3.72. The fraction of sp³-hybridized carbons (Fsp3) is 0.0667. The molecule has 0 heterocycles. The number of hydrogen-bond donors (Lipinski definition) is 0. The summed E-state index contributed by atoms with van der Waals surface area (Å²) in [6.45, 7) is 0. The molecule has 0 spiro atoms. The molecule has 0 unspecified atom stereocenters. The highest BCUT2D eigenvalue weighted by molar-refractivity contribution is 5.95. The van der Waals surface area contributed by atoms with Crippen LogP contribution in [-0.2, 0) is 0 Å². The minimum absolute atomic E-state index is 0.943. The Bertz CT molecular complexity index is 554. The van der Waals surface area contributed by atoms with Gasteiger partial charge in [0, 0.05) is 0 Å². The van der Waals surface area contributed by atoms with Crippen LogP contribution in [-0.4, -0.2) is 0 Å². The summed E-state index contributed by atoms with van der Waals surface area (Å²) in [7, 11) is 0. The zero-order valence-corrected chi connectivity index (χ0v) is 8.40. The van der Waals surface area contributed by atoms with E-state index in [4.69, 9.17) is 0 Å². The molecule has 0 bridgehead atoms. The van der Waals surface area contributed by atoms with Crippen LogP contribution in [0.25, 0.3) is 16.3 Å². The van der Waals surface area contributed by atoms with Gasteiger partial charge >= 0.3 is 0 Å². The van der Waals surface area contributed by atoms with E-state index in [0.717, 1.165) is 6.42 Å². The van der Waals surface area contributed by atoms with E-state index in [1.54, 1.807) is 0 Å². The SMILES string of the molecule is [C]1=C(c2cccc3ccccc23)C=CC1. The largest absolute Gasteiger partial charge is 0.0795 e. The molecule has 0 saturated heterocycles. The third-order valence-electron chi connectivity index (χ3n) is 2.77. The second-order valence-corrected chi connectivity index (χ2v) is 3.72. The van der Waals surface area contributed by atoms with Crippen LogP contribution in [0, 0.1) is 6.08 Å². The van der Waals surface area contributed by atoms with E-state index < -0.39 is 0 Å². The van der Waals surface area contributed by atoms with Gasteiger partial charge in [0.1, 0.15) is 0 Å². The number of hydrogen-bond acceptors (Lipinski definition) is 0. The third kappa shape index (κ3) is 1.39. The molecule has 2 aromatic rings. The minimum atomic E-state index is 0.943. The van der Waals surface area contributed by atoms with Crippen molar-refractivity contribution in [1.82, 2.24) is 0 Å². The van der Waals surface area contributed by atoms with Gasteiger partial charge in [-0.2, -0.15) is 0 Å². The van der Waals surface area contributed by atoms with Crippen LogP contribution >= 0.6 is 0 Å². The number of fused-ring (bicyclic) bond motifs is 1. The van der Waals surface area contributed by atoms with Gasteiger partial charge in [-0.1, -0.05) is 54.6 Å². The van der Waals surface area contributed by atoms with Gasteiger partial charge in [0.2, 0.25) is 0 Å². The molecule has 1 aliphatic carbocycles. The predicted molar refractivity (Wildman–Crippen MR) is 64.4 cm³/mol. The van der Waals surface area contributed by atoms with Gasteiger partial charge in [-0.05, 0) is 34.4 Å². The monoisotopic (exact) mass is 191 g/mol. The maximum absolute atomic E-state index is 3.37. The summed E-state index contributed by atoms with van der Waals surface area (Å²) in [5.74, 6) is 0. The Morgan fingerprint density at radius 2 is 1.80 bits per heavy atom. The molecular formula is C15H11. The molecule has 0 amide bonds. The lowest BCUT2D eigenvalue weighted by atomic mass is 9.99. The molecule has 2 aromatic carbocycles. The van der Waals surface area contributed by atoms with Crippen LogP contribution < -0.4 is 0 Å². The van der Waals surface area contributed by atoms with E-state index in [2.05, 4.69) is 60.7 Å². The van der Waals surface area contributed by atoms with E-state index in [1.807, 2.05) is 0 Å². The average Bonchev–Trinajstić information content (AvgIpc) is 2.82. The van der Waals surface area contributed by atoms with Crippen molar-refractivity contribution < 1.29 is 0 Å². The van der Waals surface area contributed by atoms with Crippen LogP contribution in [0.2, 0.25) is 0 Å². The lowest BCUT2D eigenvalue weighted by molar-refractivity contribution is 1.40. The fourth-order valence-electron chi connectivity index (χ4n) is 2.05. The minimum Gasteiger partial charge on any atom is -0.0795 e. The second kappa shape index (κ2) is 3.39. The van der Waals surface area contributed by atoms with Gasteiger partial charge in [0.15, 0.2) is 0 Å². The first-order valence-electron chi connectivity index (χ1n) is 5.21. The maximum atomic E-state index is 3.37. The molecule has 3 rings (SSSR count). The summed E-state index contributed by atoms with van der Waals surface area (Å²) in [5, 5.41) is 2.61. The first-order valence-corrected chi connectivity index (χ1v) is 5.21. The number of benzene rings is 2. The summed E-state index contributed by atoms with van der Waals surface area (Å²) in [6.07, 6.45) is 8.62. The molecule has 1 aliphatic rings. The molecule has 0 saturated carbocycles. The third-order valence-corrected chi connectivity index (χ3v) is 2.77. The molecular weight excluding hydrogens is 180 g/mol. The Morgan fingerprint density at radius 3 is 2.67 bits per heavy atom. The Hall–Kier alpha value is -1.82. The van der Waals surface area contributed by atoms with Crippen molar-refractivity contribution in [1.29, 1.82) is 0 Å². The molecule has 0 aliphatic heterocycles. The van der Waals surface area contributed by atoms with E-state index in [1.165, 1.54) is 21.9 Å². The van der Waals surface area contributed by atoms with Crippen molar-refractivity contribution in [2.45, 2.75) is 6.42 Å². The smallest absolute Gasteiger partial charge is 0.00849 e. The first-order chi connectivity index (χ1) is 7.45. The van der Waals surface area contributed by atoms with Gasteiger partial charge in [-0.15, -0.1) is 0 Å². The normalized spacial score (nSPS) is 14.5. The molecule has 0 N–H and O–H groups in total. The maximum Gasteiger partial charge on any atom is -0.00849 e. The Balaban J connectivity index is 2.30. The Morgan fingerprint density at radius 1 is 0.933 bits per heavy atom. The first kappa shape index (κ1) is 8.49. The summed E-state index contributed by atoms with van der Waals surface area (Å²) in [6, 6.07) is 14.9. The molecule has 0 fully saturated rings. The standard InChI is InChI=1S/C15H11/c1-2-7-12(6-1)15-11-5-9-13-8-3-4-10-14(13)15/h1,3-6,8-11H,2H2. The van der Waals surface area contributed by atoms with Crippen molar-refractivity contribution in [3.05, 3.63) is 66.3 Å². The van der Waals surface area contributed by atoms with Crippen molar-refractivity contribution in [2.75, 3.05) is 0 Å². The van der Waals surface area contributed by atoms with Crippen molar-refractivity contribution >= 4 is 16.3 Å². The zero-order valence-electron chi connectivity index (χ0n) is 8.40. The number of rotatable bonds is 1. The zero-order chi connectivity index (χ0) is 10.1. The molecule has 0 nitrogen and oxygen atoms in total. The highest BCUT2D eigenvalue weighted by Gasteiger charge is 2.05. The quantitative estimate of drug-likeness (QED) is 0.639. The molecule has 1 radical (unpaired) electrons. The van der Waals surface area contributed by atoms with E-state index in [0.29, 0.717) is 0 Å². The van der Waals surface area contributed by atoms with E-state index >= 15 is 0 Å².